The molecular weight excluding hydrogens is 328 g/mol. The lowest BCUT2D eigenvalue weighted by Gasteiger charge is -2.21. The van der Waals surface area contributed by atoms with Crippen molar-refractivity contribution >= 4 is 29.6 Å². The Morgan fingerprint density at radius 3 is 2.70 bits per heavy atom. The van der Waals surface area contributed by atoms with E-state index in [0.717, 1.165) is 59.0 Å². The molecule has 5 heteroatoms. The topological polar surface area (TPSA) is 57.0 Å². The van der Waals surface area contributed by atoms with Crippen molar-refractivity contribution < 1.29 is 5.11 Å². The van der Waals surface area contributed by atoms with Crippen LogP contribution in [-0.4, -0.2) is 22.1 Å². The normalized spacial score (nSPS) is 13.6. The van der Waals surface area contributed by atoms with Crippen LogP contribution in [0.25, 0.3) is 0 Å². The maximum atomic E-state index is 10.1. The van der Waals surface area contributed by atoms with Gasteiger partial charge in [0.2, 0.25) is 5.88 Å². The number of hydrogen-bond acceptors (Lipinski definition) is 4. The zero-order valence-electron chi connectivity index (χ0n) is 12.8. The average Bonchev–Trinajstić information content (AvgIpc) is 2.57. The summed E-state index contributed by atoms with van der Waals surface area (Å²) < 4.78 is 0. The van der Waals surface area contributed by atoms with Crippen molar-refractivity contribution in [2.45, 2.75) is 37.1 Å². The van der Waals surface area contributed by atoms with Crippen molar-refractivity contribution in [1.29, 1.82) is 5.41 Å². The Labute approximate surface area is 145 Å². The van der Waals surface area contributed by atoms with Crippen LogP contribution in [0.15, 0.2) is 29.3 Å². The van der Waals surface area contributed by atoms with E-state index in [1.165, 1.54) is 11.8 Å². The highest BCUT2D eigenvalue weighted by molar-refractivity contribution is 7.99. The molecule has 0 spiro atoms. The first-order valence-electron chi connectivity index (χ1n) is 7.82. The third-order valence-corrected chi connectivity index (χ3v) is 5.60. The van der Waals surface area contributed by atoms with Gasteiger partial charge in [0, 0.05) is 17.0 Å². The zero-order valence-corrected chi connectivity index (χ0v) is 14.4. The number of nitrogens with zero attached hydrogens (tertiary/aromatic N) is 1. The number of hydrogen-bond donors (Lipinski definition) is 2. The van der Waals surface area contributed by atoms with Gasteiger partial charge in [-0.25, -0.2) is 4.98 Å². The van der Waals surface area contributed by atoms with E-state index in [4.69, 9.17) is 17.0 Å². The molecule has 3 rings (SSSR count). The van der Waals surface area contributed by atoms with E-state index in [1.807, 2.05) is 24.3 Å². The monoisotopic (exact) mass is 346 g/mol. The van der Waals surface area contributed by atoms with Gasteiger partial charge in [-0.3, -0.25) is 0 Å². The first-order chi connectivity index (χ1) is 11.2. The molecule has 0 saturated carbocycles. The highest BCUT2D eigenvalue weighted by Gasteiger charge is 2.21. The molecule has 0 radical (unpaired) electrons. The number of thioether (sulfide) groups is 1. The summed E-state index contributed by atoms with van der Waals surface area (Å²) in [4.78, 5) is 4.35. The van der Waals surface area contributed by atoms with E-state index in [-0.39, 0.29) is 5.88 Å². The van der Waals surface area contributed by atoms with Crippen LogP contribution in [0.1, 0.15) is 35.1 Å². The van der Waals surface area contributed by atoms with Gasteiger partial charge >= 0.3 is 0 Å². The molecule has 0 atom stereocenters. The molecule has 0 fully saturated rings. The quantitative estimate of drug-likeness (QED) is 0.612. The second kappa shape index (κ2) is 7.37. The lowest BCUT2D eigenvalue weighted by Crippen LogP contribution is -2.10. The Morgan fingerprint density at radius 1 is 1.22 bits per heavy atom. The van der Waals surface area contributed by atoms with Crippen LogP contribution in [0.2, 0.25) is 5.02 Å². The highest BCUT2D eigenvalue weighted by atomic mass is 35.5. The fourth-order valence-corrected chi connectivity index (χ4v) is 4.32. The maximum Gasteiger partial charge on any atom is 0.221 e. The number of aromatic hydroxyl groups is 1. The van der Waals surface area contributed by atoms with Gasteiger partial charge in [-0.05, 0) is 54.9 Å². The summed E-state index contributed by atoms with van der Waals surface area (Å²) in [6, 6.07) is 7.88. The van der Waals surface area contributed by atoms with Crippen molar-refractivity contribution in [2.24, 2.45) is 0 Å². The third-order valence-electron chi connectivity index (χ3n) is 4.21. The highest BCUT2D eigenvalue weighted by Crippen LogP contribution is 2.35. The molecule has 1 aromatic carbocycles. The predicted octanol–water partition coefficient (Wildman–Crippen LogP) is 4.65. The van der Waals surface area contributed by atoms with Crippen molar-refractivity contribution in [2.75, 3.05) is 5.75 Å². The Kier molecular flexibility index (Phi) is 5.23. The minimum Gasteiger partial charge on any atom is -0.493 e. The molecule has 2 aromatic rings. The van der Waals surface area contributed by atoms with E-state index < -0.39 is 0 Å². The molecule has 3 nitrogen and oxygen atoms in total. The van der Waals surface area contributed by atoms with Crippen LogP contribution >= 0.6 is 23.4 Å². The number of rotatable bonds is 5. The molecular formula is C18H19ClN2OS. The van der Waals surface area contributed by atoms with Crippen molar-refractivity contribution in [3.05, 3.63) is 51.5 Å². The largest absolute Gasteiger partial charge is 0.493 e. The molecule has 0 amide bonds. The summed E-state index contributed by atoms with van der Waals surface area (Å²) in [5.41, 5.74) is 4.06. The first-order valence-corrected chi connectivity index (χ1v) is 9.18. The molecule has 0 saturated heterocycles. The molecule has 1 aliphatic rings. The third kappa shape index (κ3) is 3.54. The lowest BCUT2D eigenvalue weighted by molar-refractivity contribution is 0.443. The second-order valence-corrected chi connectivity index (χ2v) is 7.14. The summed E-state index contributed by atoms with van der Waals surface area (Å²) in [7, 11) is 0. The van der Waals surface area contributed by atoms with Gasteiger partial charge in [-0.1, -0.05) is 29.8 Å². The minimum atomic E-state index is -0.0131. The van der Waals surface area contributed by atoms with Gasteiger partial charge in [0.1, 0.15) is 5.03 Å². The molecule has 0 aliphatic heterocycles. The fraction of sp³-hybridized carbons (Fsp3) is 0.333. The van der Waals surface area contributed by atoms with Gasteiger partial charge < -0.3 is 10.5 Å². The minimum absolute atomic E-state index is 0.0131. The SMILES string of the molecule is N=Cc1c(O)nc(SCCc2ccccc2Cl)c2c1CCCC2. The molecule has 1 aromatic heterocycles. The summed E-state index contributed by atoms with van der Waals surface area (Å²) in [5, 5.41) is 19.3. The average molecular weight is 347 g/mol. The Balaban J connectivity index is 1.79. The Morgan fingerprint density at radius 2 is 1.96 bits per heavy atom. The van der Waals surface area contributed by atoms with Crippen LogP contribution in [0.4, 0.5) is 0 Å². The van der Waals surface area contributed by atoms with Gasteiger partial charge in [-0.2, -0.15) is 0 Å². The summed E-state index contributed by atoms with van der Waals surface area (Å²) in [6.07, 6.45) is 6.26. The number of pyridine rings is 1. The Bertz CT molecular complexity index is 733. The van der Waals surface area contributed by atoms with E-state index in [2.05, 4.69) is 4.98 Å². The Hall–Kier alpha value is -1.52. The summed E-state index contributed by atoms with van der Waals surface area (Å²) >= 11 is 7.86. The van der Waals surface area contributed by atoms with Crippen molar-refractivity contribution in [3.8, 4) is 5.88 Å². The van der Waals surface area contributed by atoms with Gasteiger partial charge in [0.05, 0.1) is 5.56 Å². The molecule has 1 heterocycles. The van der Waals surface area contributed by atoms with Gasteiger partial charge in [0.25, 0.3) is 0 Å². The second-order valence-electron chi connectivity index (χ2n) is 5.65. The predicted molar refractivity (Wildman–Crippen MR) is 96.3 cm³/mol. The number of fused-ring (bicyclic) bond motifs is 1. The molecule has 1 aliphatic carbocycles. The van der Waals surface area contributed by atoms with Crippen molar-refractivity contribution in [1.82, 2.24) is 4.98 Å². The van der Waals surface area contributed by atoms with Crippen LogP contribution < -0.4 is 0 Å². The molecule has 0 bridgehead atoms. The van der Waals surface area contributed by atoms with E-state index in [9.17, 15) is 5.11 Å². The van der Waals surface area contributed by atoms with Crippen LogP contribution in [0, 0.1) is 5.41 Å². The smallest absolute Gasteiger partial charge is 0.221 e. The van der Waals surface area contributed by atoms with E-state index >= 15 is 0 Å². The van der Waals surface area contributed by atoms with Crippen molar-refractivity contribution in [3.63, 3.8) is 0 Å². The number of aromatic nitrogens is 1. The summed E-state index contributed by atoms with van der Waals surface area (Å²) in [5.74, 6) is 0.855. The van der Waals surface area contributed by atoms with E-state index in [0.29, 0.717) is 5.56 Å². The standard InChI is InChI=1S/C18H19ClN2OS/c19-16-8-4-1-5-12(16)9-10-23-18-14-7-3-2-6-13(14)15(11-20)17(22)21-18/h1,4-5,8,11,20H,2-3,6-7,9-10H2,(H,21,22). The molecule has 0 unspecified atom stereocenters. The van der Waals surface area contributed by atoms with Gasteiger partial charge in [0.15, 0.2) is 0 Å². The maximum absolute atomic E-state index is 10.1. The first kappa shape index (κ1) is 16.3. The lowest BCUT2D eigenvalue weighted by atomic mass is 9.90. The number of nitrogens with one attached hydrogen (secondary N) is 1. The van der Waals surface area contributed by atoms with Crippen LogP contribution in [-0.2, 0) is 19.3 Å². The zero-order chi connectivity index (χ0) is 16.2. The summed E-state index contributed by atoms with van der Waals surface area (Å²) in [6.45, 7) is 0. The van der Waals surface area contributed by atoms with Gasteiger partial charge in [-0.15, -0.1) is 11.8 Å². The van der Waals surface area contributed by atoms with Crippen LogP contribution in [0.3, 0.4) is 0 Å². The molecule has 120 valence electrons. The van der Waals surface area contributed by atoms with Crippen LogP contribution in [0.5, 0.6) is 5.88 Å². The molecule has 2 N–H and O–H groups in total. The molecule has 23 heavy (non-hydrogen) atoms. The number of halogens is 1. The number of benzene rings is 1. The van der Waals surface area contributed by atoms with E-state index in [1.54, 1.807) is 11.8 Å². The number of aryl methyl sites for hydroxylation is 1. The fourth-order valence-electron chi connectivity index (χ4n) is 3.03.